The number of aliphatic hydroxyl groups is 1. The van der Waals surface area contributed by atoms with E-state index < -0.39 is 6.10 Å². The highest BCUT2D eigenvalue weighted by Gasteiger charge is 2.36. The molecule has 2 N–H and O–H groups in total. The van der Waals surface area contributed by atoms with E-state index in [1.165, 1.54) is 12.8 Å². The van der Waals surface area contributed by atoms with Gasteiger partial charge >= 0.3 is 0 Å². The Bertz CT molecular complexity index is 762. The molecule has 2 aliphatic carbocycles. The van der Waals surface area contributed by atoms with Gasteiger partial charge in [-0.15, -0.1) is 10.2 Å². The van der Waals surface area contributed by atoms with E-state index in [-0.39, 0.29) is 17.7 Å². The molecule has 0 aliphatic heterocycles. The van der Waals surface area contributed by atoms with Crippen LogP contribution < -0.4 is 5.32 Å². The van der Waals surface area contributed by atoms with E-state index >= 15 is 0 Å². The van der Waals surface area contributed by atoms with Crippen LogP contribution in [-0.4, -0.2) is 43.0 Å². The minimum absolute atomic E-state index is 0.0452. The van der Waals surface area contributed by atoms with E-state index in [0.29, 0.717) is 19.0 Å². The van der Waals surface area contributed by atoms with Crippen molar-refractivity contribution in [2.75, 3.05) is 6.54 Å². The lowest BCUT2D eigenvalue weighted by molar-refractivity contribution is 0.0905. The molecule has 0 bridgehead atoms. The van der Waals surface area contributed by atoms with Gasteiger partial charge in [0.25, 0.3) is 5.91 Å². The topological polar surface area (TPSA) is 85.0 Å². The van der Waals surface area contributed by atoms with Gasteiger partial charge in [0.05, 0.1) is 6.10 Å². The molecule has 7 heteroatoms. The number of hydrogen-bond donors (Lipinski definition) is 2. The Labute approximate surface area is 153 Å². The maximum Gasteiger partial charge on any atom is 0.267 e. The summed E-state index contributed by atoms with van der Waals surface area (Å²) in [7, 11) is 1.92. The summed E-state index contributed by atoms with van der Waals surface area (Å²) in [6.07, 6.45) is 9.55. The van der Waals surface area contributed by atoms with E-state index in [1.54, 1.807) is 6.33 Å². The highest BCUT2D eigenvalue weighted by molar-refractivity contribution is 5.92. The van der Waals surface area contributed by atoms with Crippen LogP contribution >= 0.6 is 0 Å². The number of amides is 1. The zero-order chi connectivity index (χ0) is 18.1. The first-order chi connectivity index (χ1) is 12.6. The van der Waals surface area contributed by atoms with Crippen molar-refractivity contribution in [3.63, 3.8) is 0 Å². The van der Waals surface area contributed by atoms with Gasteiger partial charge in [-0.05, 0) is 37.8 Å². The molecule has 140 valence electrons. The third-order valence-electron chi connectivity index (χ3n) is 6.02. The second-order valence-electron chi connectivity index (χ2n) is 7.74. The second kappa shape index (κ2) is 7.23. The summed E-state index contributed by atoms with van der Waals surface area (Å²) in [5.41, 5.74) is 0.731. The van der Waals surface area contributed by atoms with Gasteiger partial charge in [0.15, 0.2) is 0 Å². The molecular formula is C19H27N5O2. The summed E-state index contributed by atoms with van der Waals surface area (Å²) < 4.78 is 4.03. The molecule has 2 aromatic heterocycles. The van der Waals surface area contributed by atoms with Crippen molar-refractivity contribution in [3.05, 3.63) is 36.2 Å². The molecule has 1 amide bonds. The molecule has 3 atom stereocenters. The van der Waals surface area contributed by atoms with Crippen molar-refractivity contribution in [3.8, 4) is 0 Å². The molecule has 4 rings (SSSR count). The average Bonchev–Trinajstić information content (AvgIpc) is 3.39. The summed E-state index contributed by atoms with van der Waals surface area (Å²) in [5, 5.41) is 21.5. The Kier molecular flexibility index (Phi) is 4.80. The van der Waals surface area contributed by atoms with Gasteiger partial charge in [0.1, 0.15) is 17.8 Å². The number of aliphatic hydroxyl groups excluding tert-OH is 1. The SMILES string of the molecule is Cn1cnnc1[C@H]1C[C@H](CNC(=O)c2cccn2C2CCCC2)[C@H](O)C1. The lowest BCUT2D eigenvalue weighted by Gasteiger charge is -2.18. The molecule has 2 aliphatic rings. The molecule has 0 saturated heterocycles. The van der Waals surface area contributed by atoms with Crippen LogP contribution in [0.2, 0.25) is 0 Å². The Hall–Kier alpha value is -2.15. The quantitative estimate of drug-likeness (QED) is 0.857. The third kappa shape index (κ3) is 3.28. The third-order valence-corrected chi connectivity index (χ3v) is 6.02. The number of rotatable bonds is 5. The van der Waals surface area contributed by atoms with Crippen molar-refractivity contribution in [1.29, 1.82) is 0 Å². The maximum absolute atomic E-state index is 12.7. The van der Waals surface area contributed by atoms with Crippen LogP contribution in [0.25, 0.3) is 0 Å². The maximum atomic E-state index is 12.7. The van der Waals surface area contributed by atoms with Crippen molar-refractivity contribution < 1.29 is 9.90 Å². The first kappa shape index (κ1) is 17.3. The van der Waals surface area contributed by atoms with Crippen LogP contribution in [0.5, 0.6) is 0 Å². The lowest BCUT2D eigenvalue weighted by atomic mass is 10.0. The second-order valence-corrected chi connectivity index (χ2v) is 7.74. The largest absolute Gasteiger partial charge is 0.393 e. The van der Waals surface area contributed by atoms with E-state index in [0.717, 1.165) is 30.8 Å². The Morgan fingerprint density at radius 1 is 1.35 bits per heavy atom. The van der Waals surface area contributed by atoms with Crippen molar-refractivity contribution in [2.45, 2.75) is 56.6 Å². The normalized spacial score (nSPS) is 26.5. The van der Waals surface area contributed by atoms with Gasteiger partial charge in [-0.1, -0.05) is 12.8 Å². The molecule has 0 aromatic carbocycles. The average molecular weight is 357 g/mol. The lowest BCUT2D eigenvalue weighted by Crippen LogP contribution is -2.33. The Morgan fingerprint density at radius 2 is 2.15 bits per heavy atom. The monoisotopic (exact) mass is 357 g/mol. The number of carbonyl (C=O) groups excluding carboxylic acids is 1. The molecule has 2 heterocycles. The van der Waals surface area contributed by atoms with Gasteiger partial charge in [0.2, 0.25) is 0 Å². The zero-order valence-corrected chi connectivity index (χ0v) is 15.2. The van der Waals surface area contributed by atoms with Crippen LogP contribution in [-0.2, 0) is 7.05 Å². The number of nitrogens with zero attached hydrogens (tertiary/aromatic N) is 4. The van der Waals surface area contributed by atoms with Crippen molar-refractivity contribution >= 4 is 5.91 Å². The highest BCUT2D eigenvalue weighted by atomic mass is 16.3. The zero-order valence-electron chi connectivity index (χ0n) is 15.2. The van der Waals surface area contributed by atoms with Gasteiger partial charge in [-0.3, -0.25) is 4.79 Å². The minimum atomic E-state index is -0.418. The summed E-state index contributed by atoms with van der Waals surface area (Å²) >= 11 is 0. The fourth-order valence-electron chi connectivity index (χ4n) is 4.60. The van der Waals surface area contributed by atoms with Crippen LogP contribution in [0.15, 0.2) is 24.7 Å². The molecule has 0 radical (unpaired) electrons. The van der Waals surface area contributed by atoms with E-state index in [2.05, 4.69) is 20.1 Å². The molecule has 0 spiro atoms. The summed E-state index contributed by atoms with van der Waals surface area (Å²) in [5.74, 6) is 1.11. The molecule has 0 unspecified atom stereocenters. The molecule has 2 saturated carbocycles. The van der Waals surface area contributed by atoms with Crippen LogP contribution in [0, 0.1) is 5.92 Å². The summed E-state index contributed by atoms with van der Waals surface area (Å²) in [4.78, 5) is 12.7. The van der Waals surface area contributed by atoms with Crippen molar-refractivity contribution in [1.82, 2.24) is 24.6 Å². The van der Waals surface area contributed by atoms with E-state index in [9.17, 15) is 9.90 Å². The summed E-state index contributed by atoms with van der Waals surface area (Å²) in [6.45, 7) is 0.490. The first-order valence-electron chi connectivity index (χ1n) is 9.60. The Balaban J connectivity index is 1.36. The van der Waals surface area contributed by atoms with Crippen molar-refractivity contribution in [2.24, 2.45) is 13.0 Å². The molecule has 2 fully saturated rings. The number of aryl methyl sites for hydroxylation is 1. The van der Waals surface area contributed by atoms with Gasteiger partial charge in [-0.2, -0.15) is 0 Å². The molecular weight excluding hydrogens is 330 g/mol. The van der Waals surface area contributed by atoms with Gasteiger partial charge in [-0.25, -0.2) is 0 Å². The van der Waals surface area contributed by atoms with E-state index in [4.69, 9.17) is 0 Å². The smallest absolute Gasteiger partial charge is 0.267 e. The first-order valence-corrected chi connectivity index (χ1v) is 9.60. The van der Waals surface area contributed by atoms with E-state index in [1.807, 2.05) is 29.9 Å². The molecule has 7 nitrogen and oxygen atoms in total. The number of aromatic nitrogens is 4. The fourth-order valence-corrected chi connectivity index (χ4v) is 4.60. The predicted molar refractivity (Wildman–Crippen MR) is 96.7 cm³/mol. The Morgan fingerprint density at radius 3 is 2.88 bits per heavy atom. The standard InChI is InChI=1S/C19H27N5O2/c1-23-12-21-22-18(23)13-9-14(17(25)10-13)11-20-19(26)16-7-4-8-24(16)15-5-2-3-6-15/h4,7-8,12-15,17,25H,2-3,5-6,9-11H2,1H3,(H,20,26)/t13-,14+,17+/m0/s1. The number of carbonyl (C=O) groups is 1. The number of nitrogens with one attached hydrogen (secondary N) is 1. The van der Waals surface area contributed by atoms with Crippen LogP contribution in [0.4, 0.5) is 0 Å². The van der Waals surface area contributed by atoms with Crippen LogP contribution in [0.3, 0.4) is 0 Å². The molecule has 26 heavy (non-hydrogen) atoms. The van der Waals surface area contributed by atoms with Gasteiger partial charge in [0, 0.05) is 37.7 Å². The summed E-state index contributed by atoms with van der Waals surface area (Å²) in [6, 6.07) is 4.28. The highest BCUT2D eigenvalue weighted by Crippen LogP contribution is 2.37. The predicted octanol–water partition coefficient (Wildman–Crippen LogP) is 2.02. The van der Waals surface area contributed by atoms with Crippen LogP contribution in [0.1, 0.15) is 66.8 Å². The minimum Gasteiger partial charge on any atom is -0.393 e. The fraction of sp³-hybridized carbons (Fsp3) is 0.632. The number of hydrogen-bond acceptors (Lipinski definition) is 4. The molecule has 2 aromatic rings. The van der Waals surface area contributed by atoms with Gasteiger partial charge < -0.3 is 19.6 Å².